The lowest BCUT2D eigenvalue weighted by Gasteiger charge is -2.36. The number of hydrogen-bond acceptors (Lipinski definition) is 2. The highest BCUT2D eigenvalue weighted by molar-refractivity contribution is 5.35. The second-order valence-corrected chi connectivity index (χ2v) is 5.49. The first-order valence-corrected chi connectivity index (χ1v) is 7.37. The molecule has 2 N–H and O–H groups in total. The second-order valence-electron chi connectivity index (χ2n) is 5.49. The highest BCUT2D eigenvalue weighted by atomic mass is 16.3. The summed E-state index contributed by atoms with van der Waals surface area (Å²) in [6.07, 6.45) is 1.65. The maximum atomic E-state index is 10.4. The summed E-state index contributed by atoms with van der Waals surface area (Å²) in [4.78, 5) is 0. The van der Waals surface area contributed by atoms with Crippen LogP contribution in [0.25, 0.3) is 0 Å². The van der Waals surface area contributed by atoms with Crippen molar-refractivity contribution in [2.24, 2.45) is 0 Å². The molecule has 1 heterocycles. The molecule has 1 saturated heterocycles. The molecule has 1 aliphatic rings. The summed E-state index contributed by atoms with van der Waals surface area (Å²) in [6, 6.07) is 21.1. The van der Waals surface area contributed by atoms with E-state index >= 15 is 0 Å². The van der Waals surface area contributed by atoms with E-state index < -0.39 is 0 Å². The van der Waals surface area contributed by atoms with E-state index in [0.29, 0.717) is 0 Å². The summed E-state index contributed by atoms with van der Waals surface area (Å²) in [7, 11) is 0. The van der Waals surface area contributed by atoms with Gasteiger partial charge in [-0.25, -0.2) is 0 Å². The van der Waals surface area contributed by atoms with Crippen molar-refractivity contribution < 1.29 is 5.11 Å². The van der Waals surface area contributed by atoms with Crippen LogP contribution in [0.3, 0.4) is 0 Å². The molecule has 3 rings (SSSR count). The predicted molar refractivity (Wildman–Crippen MR) is 81.8 cm³/mol. The van der Waals surface area contributed by atoms with Gasteiger partial charge in [-0.1, -0.05) is 60.7 Å². The molecule has 0 aliphatic carbocycles. The Kier molecular flexibility index (Phi) is 4.14. The van der Waals surface area contributed by atoms with Crippen molar-refractivity contribution >= 4 is 0 Å². The molecular formula is C18H21NO. The van der Waals surface area contributed by atoms with Gasteiger partial charge in [0.2, 0.25) is 0 Å². The number of aliphatic hydroxyl groups is 1. The normalized spacial score (nSPS) is 22.9. The largest absolute Gasteiger partial charge is 0.391 e. The van der Waals surface area contributed by atoms with E-state index in [1.807, 2.05) is 12.1 Å². The van der Waals surface area contributed by atoms with E-state index in [2.05, 4.69) is 53.8 Å². The summed E-state index contributed by atoms with van der Waals surface area (Å²) in [5.41, 5.74) is 2.52. The third-order valence-corrected chi connectivity index (χ3v) is 4.15. The second kappa shape index (κ2) is 6.21. The first-order valence-electron chi connectivity index (χ1n) is 7.37. The summed E-state index contributed by atoms with van der Waals surface area (Å²) in [5.74, 6) is 0.202. The van der Waals surface area contributed by atoms with Crippen LogP contribution in [0.5, 0.6) is 0 Å². The van der Waals surface area contributed by atoms with E-state index in [-0.39, 0.29) is 18.1 Å². The van der Waals surface area contributed by atoms with Crippen LogP contribution in [-0.2, 0) is 0 Å². The molecule has 0 aromatic heterocycles. The molecule has 104 valence electrons. The van der Waals surface area contributed by atoms with Crippen LogP contribution in [-0.4, -0.2) is 23.8 Å². The fraction of sp³-hybridized carbons (Fsp3) is 0.333. The van der Waals surface area contributed by atoms with Crippen molar-refractivity contribution in [3.05, 3.63) is 71.8 Å². The molecule has 2 aromatic carbocycles. The third-order valence-electron chi connectivity index (χ3n) is 4.15. The third kappa shape index (κ3) is 2.77. The fourth-order valence-corrected chi connectivity index (χ4v) is 3.16. The maximum Gasteiger partial charge on any atom is 0.0703 e. The predicted octanol–water partition coefficient (Wildman–Crippen LogP) is 2.93. The fourth-order valence-electron chi connectivity index (χ4n) is 3.16. The minimum atomic E-state index is -0.283. The summed E-state index contributed by atoms with van der Waals surface area (Å²) in [6.45, 7) is 0.984. The maximum absolute atomic E-state index is 10.4. The van der Waals surface area contributed by atoms with Crippen molar-refractivity contribution in [1.29, 1.82) is 0 Å². The van der Waals surface area contributed by atoms with Gasteiger partial charge in [-0.2, -0.15) is 0 Å². The standard InChI is InChI=1S/C18H21NO/c20-16-12-7-13-19-18(16)17(14-8-3-1-4-9-14)15-10-5-2-6-11-15/h1-6,8-11,16-20H,7,12-13H2/t16-,18-/m0/s1. The zero-order valence-corrected chi connectivity index (χ0v) is 11.6. The van der Waals surface area contributed by atoms with Crippen molar-refractivity contribution in [1.82, 2.24) is 5.32 Å². The SMILES string of the molecule is O[C@H]1CCCN[C@@H]1C(c1ccccc1)c1ccccc1. The van der Waals surface area contributed by atoms with Gasteiger partial charge < -0.3 is 10.4 Å². The number of nitrogens with one attached hydrogen (secondary N) is 1. The van der Waals surface area contributed by atoms with E-state index in [9.17, 15) is 5.11 Å². The molecule has 2 heteroatoms. The molecule has 20 heavy (non-hydrogen) atoms. The molecule has 0 radical (unpaired) electrons. The molecule has 1 fully saturated rings. The van der Waals surface area contributed by atoms with Crippen LogP contribution >= 0.6 is 0 Å². The van der Waals surface area contributed by atoms with Gasteiger partial charge in [0.1, 0.15) is 0 Å². The van der Waals surface area contributed by atoms with Gasteiger partial charge in [-0.05, 0) is 30.5 Å². The summed E-state index contributed by atoms with van der Waals surface area (Å²) < 4.78 is 0. The first-order chi connectivity index (χ1) is 9.86. The van der Waals surface area contributed by atoms with Crippen molar-refractivity contribution in [2.45, 2.75) is 30.9 Å². The number of benzene rings is 2. The molecule has 1 aliphatic heterocycles. The molecule has 2 atom stereocenters. The minimum absolute atomic E-state index is 0.0912. The molecule has 2 nitrogen and oxygen atoms in total. The zero-order chi connectivity index (χ0) is 13.8. The Bertz CT molecular complexity index is 486. The van der Waals surface area contributed by atoms with E-state index in [4.69, 9.17) is 0 Å². The van der Waals surface area contributed by atoms with Crippen LogP contribution < -0.4 is 5.32 Å². The van der Waals surface area contributed by atoms with Crippen molar-refractivity contribution in [2.75, 3.05) is 6.54 Å². The van der Waals surface area contributed by atoms with Gasteiger partial charge in [-0.3, -0.25) is 0 Å². The summed E-state index contributed by atoms with van der Waals surface area (Å²) >= 11 is 0. The van der Waals surface area contributed by atoms with Crippen molar-refractivity contribution in [3.8, 4) is 0 Å². The monoisotopic (exact) mass is 267 g/mol. The molecule has 0 bridgehead atoms. The number of piperidine rings is 1. The highest BCUT2D eigenvalue weighted by Gasteiger charge is 2.32. The van der Waals surface area contributed by atoms with Crippen LogP contribution in [0, 0.1) is 0 Å². The Balaban J connectivity index is 1.99. The van der Waals surface area contributed by atoms with Crippen LogP contribution in [0.4, 0.5) is 0 Å². The van der Waals surface area contributed by atoms with Gasteiger partial charge in [-0.15, -0.1) is 0 Å². The highest BCUT2D eigenvalue weighted by Crippen LogP contribution is 2.31. The molecule has 0 saturated carbocycles. The average molecular weight is 267 g/mol. The van der Waals surface area contributed by atoms with E-state index in [1.54, 1.807) is 0 Å². The van der Waals surface area contributed by atoms with Crippen molar-refractivity contribution in [3.63, 3.8) is 0 Å². The van der Waals surface area contributed by atoms with Gasteiger partial charge in [0.05, 0.1) is 6.10 Å². The van der Waals surface area contributed by atoms with Crippen LogP contribution in [0.15, 0.2) is 60.7 Å². The number of hydrogen-bond donors (Lipinski definition) is 2. The van der Waals surface area contributed by atoms with Gasteiger partial charge in [0.25, 0.3) is 0 Å². The molecule has 0 unspecified atom stereocenters. The Morgan fingerprint density at radius 3 is 1.95 bits per heavy atom. The van der Waals surface area contributed by atoms with E-state index in [0.717, 1.165) is 19.4 Å². The molecular weight excluding hydrogens is 246 g/mol. The summed E-state index contributed by atoms with van der Waals surface area (Å²) in [5, 5.41) is 13.9. The number of aliphatic hydroxyl groups excluding tert-OH is 1. The number of rotatable bonds is 3. The first kappa shape index (κ1) is 13.3. The zero-order valence-electron chi connectivity index (χ0n) is 11.6. The Labute approximate surface area is 120 Å². The lowest BCUT2D eigenvalue weighted by atomic mass is 9.80. The smallest absolute Gasteiger partial charge is 0.0703 e. The topological polar surface area (TPSA) is 32.3 Å². The van der Waals surface area contributed by atoms with Crippen LogP contribution in [0.1, 0.15) is 29.9 Å². The van der Waals surface area contributed by atoms with Gasteiger partial charge in [0.15, 0.2) is 0 Å². The van der Waals surface area contributed by atoms with Crippen LogP contribution in [0.2, 0.25) is 0 Å². The average Bonchev–Trinajstić information content (AvgIpc) is 2.52. The lowest BCUT2D eigenvalue weighted by molar-refractivity contribution is 0.0890. The lowest BCUT2D eigenvalue weighted by Crippen LogP contribution is -2.48. The van der Waals surface area contributed by atoms with Gasteiger partial charge >= 0.3 is 0 Å². The molecule has 0 spiro atoms. The molecule has 2 aromatic rings. The molecule has 0 amide bonds. The quantitative estimate of drug-likeness (QED) is 0.896. The minimum Gasteiger partial charge on any atom is -0.391 e. The Hall–Kier alpha value is -1.64. The Morgan fingerprint density at radius 1 is 0.900 bits per heavy atom. The van der Waals surface area contributed by atoms with E-state index in [1.165, 1.54) is 11.1 Å². The Morgan fingerprint density at radius 2 is 1.45 bits per heavy atom. The van der Waals surface area contributed by atoms with Gasteiger partial charge in [0, 0.05) is 12.0 Å².